The fourth-order valence-electron chi connectivity index (χ4n) is 8.58. The van der Waals surface area contributed by atoms with Crippen molar-refractivity contribution in [2.24, 2.45) is 0 Å². The lowest BCUT2D eigenvalue weighted by Crippen LogP contribution is -2.02. The maximum atomic E-state index is 6.31. The second-order valence-corrected chi connectivity index (χ2v) is 14.8. The molecule has 0 bridgehead atoms. The van der Waals surface area contributed by atoms with Crippen molar-refractivity contribution in [3.63, 3.8) is 0 Å². The zero-order valence-electron chi connectivity index (χ0n) is 31.2. The Morgan fingerprint density at radius 1 is 0.328 bits per heavy atom. The van der Waals surface area contributed by atoms with Crippen molar-refractivity contribution >= 4 is 65.3 Å². The number of hydrogen-bond donors (Lipinski definition) is 0. The molecule has 0 aliphatic carbocycles. The molecule has 0 fully saturated rings. The SMILES string of the molecule is c1ccc(-c2nc(-c3ccccc3)nc(-c3ccc(-n4c5cc6ccccc6cc5c5cc6ccccc6cc54)c(-c4ccc5oc6ccccc6c5c4)c3)n2)cc1. The monoisotopic (exact) mass is 740 g/mol. The number of hydrogen-bond acceptors (Lipinski definition) is 4. The molecule has 0 radical (unpaired) electrons. The van der Waals surface area contributed by atoms with Gasteiger partial charge in [0, 0.05) is 43.8 Å². The minimum Gasteiger partial charge on any atom is -0.456 e. The minimum atomic E-state index is 0.606. The fraction of sp³-hybridized carbons (Fsp3) is 0. The van der Waals surface area contributed by atoms with E-state index in [0.717, 1.165) is 66.5 Å². The molecular weight excluding hydrogens is 709 g/mol. The summed E-state index contributed by atoms with van der Waals surface area (Å²) in [5.74, 6) is 1.86. The van der Waals surface area contributed by atoms with Gasteiger partial charge in [0.25, 0.3) is 0 Å². The molecule has 5 nitrogen and oxygen atoms in total. The second kappa shape index (κ2) is 12.8. The van der Waals surface area contributed by atoms with Crippen molar-refractivity contribution in [3.05, 3.63) is 194 Å². The molecule has 0 aliphatic heterocycles. The van der Waals surface area contributed by atoms with E-state index in [-0.39, 0.29) is 0 Å². The summed E-state index contributed by atoms with van der Waals surface area (Å²) in [7, 11) is 0. The van der Waals surface area contributed by atoms with Gasteiger partial charge in [-0.1, -0.05) is 133 Å². The molecule has 0 saturated heterocycles. The molecule has 3 heterocycles. The smallest absolute Gasteiger partial charge is 0.164 e. The highest BCUT2D eigenvalue weighted by Crippen LogP contribution is 2.42. The molecule has 5 heteroatoms. The van der Waals surface area contributed by atoms with Crippen LogP contribution in [0.25, 0.3) is 116 Å². The van der Waals surface area contributed by atoms with Gasteiger partial charge in [-0.25, -0.2) is 15.0 Å². The van der Waals surface area contributed by atoms with E-state index in [0.29, 0.717) is 17.5 Å². The van der Waals surface area contributed by atoms with Gasteiger partial charge in [-0.05, 0) is 87.8 Å². The highest BCUT2D eigenvalue weighted by Gasteiger charge is 2.21. The number of aromatic nitrogens is 4. The van der Waals surface area contributed by atoms with Gasteiger partial charge in [0.1, 0.15) is 11.2 Å². The molecule has 3 aromatic heterocycles. The zero-order valence-corrected chi connectivity index (χ0v) is 31.2. The molecule has 270 valence electrons. The van der Waals surface area contributed by atoms with Crippen LogP contribution in [-0.2, 0) is 0 Å². The maximum absolute atomic E-state index is 6.31. The Bertz CT molecular complexity index is 3420. The first-order chi connectivity index (χ1) is 28.7. The van der Waals surface area contributed by atoms with Gasteiger partial charge in [0.2, 0.25) is 0 Å². The topological polar surface area (TPSA) is 56.7 Å². The molecule has 12 rings (SSSR count). The van der Waals surface area contributed by atoms with E-state index in [1.807, 2.05) is 72.8 Å². The third-order valence-corrected chi connectivity index (χ3v) is 11.4. The fourth-order valence-corrected chi connectivity index (χ4v) is 8.58. The van der Waals surface area contributed by atoms with Crippen LogP contribution < -0.4 is 0 Å². The summed E-state index contributed by atoms with van der Waals surface area (Å²) < 4.78 is 8.76. The Morgan fingerprint density at radius 2 is 0.810 bits per heavy atom. The Morgan fingerprint density at radius 3 is 1.41 bits per heavy atom. The van der Waals surface area contributed by atoms with E-state index in [9.17, 15) is 0 Å². The van der Waals surface area contributed by atoms with E-state index in [1.54, 1.807) is 0 Å². The van der Waals surface area contributed by atoms with Gasteiger partial charge >= 0.3 is 0 Å². The molecule has 0 unspecified atom stereocenters. The van der Waals surface area contributed by atoms with Gasteiger partial charge in [0.05, 0.1) is 16.7 Å². The molecule has 0 spiro atoms. The summed E-state index contributed by atoms with van der Waals surface area (Å²) in [5.41, 5.74) is 9.94. The summed E-state index contributed by atoms with van der Waals surface area (Å²) >= 11 is 0. The number of nitrogens with zero attached hydrogens (tertiary/aromatic N) is 4. The van der Waals surface area contributed by atoms with E-state index in [1.165, 1.54) is 32.3 Å². The quantitative estimate of drug-likeness (QED) is 0.176. The summed E-state index contributed by atoms with van der Waals surface area (Å²) in [6.45, 7) is 0. The number of fused-ring (bicyclic) bond motifs is 8. The molecule has 0 aliphatic rings. The molecule has 0 saturated carbocycles. The predicted octanol–water partition coefficient (Wildman–Crippen LogP) is 13.8. The Balaban J connectivity index is 1.17. The molecule has 12 aromatic rings. The van der Waals surface area contributed by atoms with E-state index in [2.05, 4.69) is 126 Å². The van der Waals surface area contributed by atoms with Crippen LogP contribution in [0.4, 0.5) is 0 Å². The van der Waals surface area contributed by atoms with E-state index >= 15 is 0 Å². The number of benzene rings is 9. The first kappa shape index (κ1) is 32.4. The average molecular weight is 741 g/mol. The highest BCUT2D eigenvalue weighted by molar-refractivity contribution is 6.17. The van der Waals surface area contributed by atoms with Crippen LogP contribution in [0.5, 0.6) is 0 Å². The summed E-state index contributed by atoms with van der Waals surface area (Å²) in [6, 6.07) is 68.3. The standard InChI is InChI=1S/C53H32N4O/c1-3-13-33(14-4-1)51-54-52(34-15-5-2-6-16-34)56-53(55-51)40-23-25-46(42(30-40)39-24-26-50-45(29-39)41-21-11-12-22-49(41)58-50)57-47-31-37-19-9-7-17-35(37)27-43(47)44-28-36-18-8-10-20-38(36)32-48(44)57/h1-32H. The van der Waals surface area contributed by atoms with Gasteiger partial charge in [-0.15, -0.1) is 0 Å². The van der Waals surface area contributed by atoms with Crippen LogP contribution in [0.2, 0.25) is 0 Å². The van der Waals surface area contributed by atoms with Crippen LogP contribution in [0.15, 0.2) is 199 Å². The van der Waals surface area contributed by atoms with Crippen molar-refractivity contribution in [2.45, 2.75) is 0 Å². The Labute approximate surface area is 333 Å². The molecule has 0 amide bonds. The molecular formula is C53H32N4O. The van der Waals surface area contributed by atoms with Crippen molar-refractivity contribution in [1.82, 2.24) is 19.5 Å². The Kier molecular flexibility index (Phi) is 7.16. The van der Waals surface area contributed by atoms with Gasteiger partial charge < -0.3 is 8.98 Å². The average Bonchev–Trinajstić information content (AvgIpc) is 3.81. The lowest BCUT2D eigenvalue weighted by atomic mass is 9.98. The first-order valence-electron chi connectivity index (χ1n) is 19.5. The lowest BCUT2D eigenvalue weighted by molar-refractivity contribution is 0.669. The van der Waals surface area contributed by atoms with Crippen LogP contribution >= 0.6 is 0 Å². The van der Waals surface area contributed by atoms with Gasteiger partial charge in [0.15, 0.2) is 17.5 Å². The minimum absolute atomic E-state index is 0.606. The molecule has 0 N–H and O–H groups in total. The maximum Gasteiger partial charge on any atom is 0.164 e. The number of furan rings is 1. The second-order valence-electron chi connectivity index (χ2n) is 14.8. The predicted molar refractivity (Wildman–Crippen MR) is 238 cm³/mol. The number of rotatable bonds is 5. The zero-order chi connectivity index (χ0) is 38.2. The third kappa shape index (κ3) is 5.21. The summed E-state index contributed by atoms with van der Waals surface area (Å²) in [4.78, 5) is 15.2. The van der Waals surface area contributed by atoms with Crippen molar-refractivity contribution < 1.29 is 4.42 Å². The third-order valence-electron chi connectivity index (χ3n) is 11.4. The molecule has 58 heavy (non-hydrogen) atoms. The Hall–Kier alpha value is -7.89. The van der Waals surface area contributed by atoms with Gasteiger partial charge in [-0.3, -0.25) is 0 Å². The molecule has 9 aromatic carbocycles. The highest BCUT2D eigenvalue weighted by atomic mass is 16.3. The molecule has 0 atom stereocenters. The van der Waals surface area contributed by atoms with Crippen molar-refractivity contribution in [3.8, 4) is 51.0 Å². The summed E-state index contributed by atoms with van der Waals surface area (Å²) in [5, 5.41) is 9.40. The van der Waals surface area contributed by atoms with Gasteiger partial charge in [-0.2, -0.15) is 0 Å². The van der Waals surface area contributed by atoms with Crippen molar-refractivity contribution in [1.29, 1.82) is 0 Å². The van der Waals surface area contributed by atoms with Crippen molar-refractivity contribution in [2.75, 3.05) is 0 Å². The van der Waals surface area contributed by atoms with Crippen LogP contribution in [-0.4, -0.2) is 19.5 Å². The van der Waals surface area contributed by atoms with E-state index < -0.39 is 0 Å². The first-order valence-corrected chi connectivity index (χ1v) is 19.5. The normalized spacial score (nSPS) is 11.8. The van der Waals surface area contributed by atoms with Crippen LogP contribution in [0.3, 0.4) is 0 Å². The largest absolute Gasteiger partial charge is 0.456 e. The van der Waals surface area contributed by atoms with Crippen LogP contribution in [0.1, 0.15) is 0 Å². The summed E-state index contributed by atoms with van der Waals surface area (Å²) in [6.07, 6.45) is 0. The van der Waals surface area contributed by atoms with E-state index in [4.69, 9.17) is 19.4 Å². The number of para-hydroxylation sites is 1. The van der Waals surface area contributed by atoms with Crippen LogP contribution in [0, 0.1) is 0 Å². The lowest BCUT2D eigenvalue weighted by Gasteiger charge is -2.17.